The van der Waals surface area contributed by atoms with Gasteiger partial charge in [-0.15, -0.1) is 0 Å². The van der Waals surface area contributed by atoms with E-state index in [0.717, 1.165) is 18.1 Å². The first-order valence-electron chi connectivity index (χ1n) is 8.20. The third kappa shape index (κ3) is 7.37. The number of hydrogen-bond acceptors (Lipinski definition) is 3. The van der Waals surface area contributed by atoms with Gasteiger partial charge < -0.3 is 10.1 Å². The molecule has 0 aliphatic rings. The molecule has 0 fully saturated rings. The van der Waals surface area contributed by atoms with E-state index in [4.69, 9.17) is 4.74 Å². The lowest BCUT2D eigenvalue weighted by Gasteiger charge is -2.10. The summed E-state index contributed by atoms with van der Waals surface area (Å²) in [6.07, 6.45) is 12.6. The number of aromatic nitrogens is 1. The molecule has 0 aliphatic carbocycles. The lowest BCUT2D eigenvalue weighted by molar-refractivity contribution is 0.328. The van der Waals surface area contributed by atoms with Gasteiger partial charge in [0.1, 0.15) is 0 Å². The van der Waals surface area contributed by atoms with Gasteiger partial charge in [-0.25, -0.2) is 4.98 Å². The summed E-state index contributed by atoms with van der Waals surface area (Å²) < 4.78 is 5.50. The quantitative estimate of drug-likeness (QED) is 0.544. The molecule has 0 aromatic carbocycles. The fourth-order valence-corrected chi connectivity index (χ4v) is 2.26. The molecule has 0 aliphatic heterocycles. The monoisotopic (exact) mass is 278 g/mol. The van der Waals surface area contributed by atoms with Gasteiger partial charge in [0.15, 0.2) is 0 Å². The maximum atomic E-state index is 5.50. The third-order valence-corrected chi connectivity index (χ3v) is 3.40. The van der Waals surface area contributed by atoms with E-state index < -0.39 is 0 Å². The molecule has 1 aromatic rings. The second kappa shape index (κ2) is 11.6. The first-order chi connectivity index (χ1) is 9.88. The van der Waals surface area contributed by atoms with E-state index in [1.807, 2.05) is 19.1 Å². The van der Waals surface area contributed by atoms with Crippen LogP contribution in [0.2, 0.25) is 0 Å². The van der Waals surface area contributed by atoms with E-state index >= 15 is 0 Å². The highest BCUT2D eigenvalue weighted by Gasteiger charge is 2.02. The van der Waals surface area contributed by atoms with Crippen molar-refractivity contribution < 1.29 is 4.74 Å². The summed E-state index contributed by atoms with van der Waals surface area (Å²) in [5.74, 6) is 0.717. The van der Waals surface area contributed by atoms with Crippen molar-refractivity contribution >= 4 is 5.69 Å². The van der Waals surface area contributed by atoms with Crippen molar-refractivity contribution in [1.29, 1.82) is 0 Å². The SMILES string of the molecule is CCCCCCCCCCNc1cccnc1OCC. The first kappa shape index (κ1) is 16.8. The number of nitrogens with one attached hydrogen (secondary N) is 1. The summed E-state index contributed by atoms with van der Waals surface area (Å²) in [4.78, 5) is 4.24. The number of pyridine rings is 1. The van der Waals surface area contributed by atoms with E-state index in [1.165, 1.54) is 51.4 Å². The summed E-state index contributed by atoms with van der Waals surface area (Å²) in [5, 5.41) is 3.42. The van der Waals surface area contributed by atoms with Crippen LogP contribution >= 0.6 is 0 Å². The molecule has 0 bridgehead atoms. The summed E-state index contributed by atoms with van der Waals surface area (Å²) >= 11 is 0. The van der Waals surface area contributed by atoms with Crippen molar-refractivity contribution in [2.75, 3.05) is 18.5 Å². The minimum atomic E-state index is 0.656. The number of hydrogen-bond donors (Lipinski definition) is 1. The Labute approximate surface area is 124 Å². The highest BCUT2D eigenvalue weighted by Crippen LogP contribution is 2.20. The molecule has 1 N–H and O–H groups in total. The van der Waals surface area contributed by atoms with E-state index in [9.17, 15) is 0 Å². The molecule has 1 rings (SSSR count). The standard InChI is InChI=1S/C17H30N2O/c1-3-5-6-7-8-9-10-11-14-18-16-13-12-15-19-17(16)20-4-2/h12-13,15,18H,3-11,14H2,1-2H3. The molecule has 0 saturated heterocycles. The molecule has 0 atom stereocenters. The summed E-state index contributed by atoms with van der Waals surface area (Å²) in [6, 6.07) is 3.97. The van der Waals surface area contributed by atoms with Gasteiger partial charge in [-0.3, -0.25) is 0 Å². The van der Waals surface area contributed by atoms with Crippen LogP contribution in [0.5, 0.6) is 5.88 Å². The summed E-state index contributed by atoms with van der Waals surface area (Å²) in [7, 11) is 0. The topological polar surface area (TPSA) is 34.2 Å². The van der Waals surface area contributed by atoms with Crippen LogP contribution in [-0.4, -0.2) is 18.1 Å². The van der Waals surface area contributed by atoms with Crippen LogP contribution in [0.25, 0.3) is 0 Å². The van der Waals surface area contributed by atoms with Gasteiger partial charge in [-0.1, -0.05) is 51.9 Å². The van der Waals surface area contributed by atoms with Gasteiger partial charge in [-0.05, 0) is 25.5 Å². The fourth-order valence-electron chi connectivity index (χ4n) is 2.26. The molecule has 3 heteroatoms. The van der Waals surface area contributed by atoms with Crippen molar-refractivity contribution in [2.45, 2.75) is 65.2 Å². The maximum absolute atomic E-state index is 5.50. The van der Waals surface area contributed by atoms with Gasteiger partial charge in [0, 0.05) is 12.7 Å². The van der Waals surface area contributed by atoms with Crippen molar-refractivity contribution in [3.05, 3.63) is 18.3 Å². The molecule has 114 valence electrons. The Morgan fingerprint density at radius 3 is 2.40 bits per heavy atom. The van der Waals surface area contributed by atoms with Crippen LogP contribution in [0.1, 0.15) is 65.2 Å². The smallest absolute Gasteiger partial charge is 0.237 e. The molecular formula is C17H30N2O. The lowest BCUT2D eigenvalue weighted by Crippen LogP contribution is -2.05. The van der Waals surface area contributed by atoms with Crippen LogP contribution in [-0.2, 0) is 0 Å². The van der Waals surface area contributed by atoms with E-state index in [1.54, 1.807) is 6.20 Å². The zero-order valence-electron chi connectivity index (χ0n) is 13.2. The fraction of sp³-hybridized carbons (Fsp3) is 0.706. The molecule has 0 spiro atoms. The van der Waals surface area contributed by atoms with E-state index in [2.05, 4.69) is 17.2 Å². The molecular weight excluding hydrogens is 248 g/mol. The Bertz CT molecular complexity index is 342. The van der Waals surface area contributed by atoms with Gasteiger partial charge in [0.05, 0.1) is 12.3 Å². The average molecular weight is 278 g/mol. The Balaban J connectivity index is 2.06. The maximum Gasteiger partial charge on any atom is 0.237 e. The predicted octanol–water partition coefficient (Wildman–Crippen LogP) is 5.03. The van der Waals surface area contributed by atoms with Gasteiger partial charge in [0.2, 0.25) is 5.88 Å². The zero-order chi connectivity index (χ0) is 14.5. The average Bonchev–Trinajstić information content (AvgIpc) is 2.47. The Kier molecular flexibility index (Phi) is 9.72. The minimum Gasteiger partial charge on any atom is -0.476 e. The minimum absolute atomic E-state index is 0.656. The number of ether oxygens (including phenoxy) is 1. The van der Waals surface area contributed by atoms with E-state index in [0.29, 0.717) is 6.61 Å². The van der Waals surface area contributed by atoms with Crippen LogP contribution in [0.3, 0.4) is 0 Å². The Morgan fingerprint density at radius 2 is 1.70 bits per heavy atom. The highest BCUT2D eigenvalue weighted by molar-refractivity contribution is 5.51. The first-order valence-corrected chi connectivity index (χ1v) is 8.20. The van der Waals surface area contributed by atoms with Gasteiger partial charge in [-0.2, -0.15) is 0 Å². The molecule has 0 saturated carbocycles. The van der Waals surface area contributed by atoms with Crippen molar-refractivity contribution in [3.63, 3.8) is 0 Å². The number of unbranched alkanes of at least 4 members (excludes halogenated alkanes) is 7. The predicted molar refractivity (Wildman–Crippen MR) is 86.5 cm³/mol. The number of rotatable bonds is 12. The van der Waals surface area contributed by atoms with Crippen LogP contribution in [0, 0.1) is 0 Å². The second-order valence-corrected chi connectivity index (χ2v) is 5.19. The normalized spacial score (nSPS) is 10.5. The lowest BCUT2D eigenvalue weighted by atomic mass is 10.1. The molecule has 0 unspecified atom stereocenters. The molecule has 0 radical (unpaired) electrons. The molecule has 0 amide bonds. The van der Waals surface area contributed by atoms with Crippen molar-refractivity contribution in [1.82, 2.24) is 4.98 Å². The Morgan fingerprint density at radius 1 is 1.00 bits per heavy atom. The van der Waals surface area contributed by atoms with Crippen LogP contribution < -0.4 is 10.1 Å². The van der Waals surface area contributed by atoms with Crippen LogP contribution in [0.15, 0.2) is 18.3 Å². The number of nitrogens with zero attached hydrogens (tertiary/aromatic N) is 1. The van der Waals surface area contributed by atoms with Gasteiger partial charge >= 0.3 is 0 Å². The van der Waals surface area contributed by atoms with E-state index in [-0.39, 0.29) is 0 Å². The summed E-state index contributed by atoms with van der Waals surface area (Å²) in [5.41, 5.74) is 1.01. The largest absolute Gasteiger partial charge is 0.476 e. The van der Waals surface area contributed by atoms with Crippen LogP contribution in [0.4, 0.5) is 5.69 Å². The molecule has 3 nitrogen and oxygen atoms in total. The second-order valence-electron chi connectivity index (χ2n) is 5.19. The van der Waals surface area contributed by atoms with Crippen molar-refractivity contribution in [3.8, 4) is 5.88 Å². The third-order valence-electron chi connectivity index (χ3n) is 3.40. The highest BCUT2D eigenvalue weighted by atomic mass is 16.5. The van der Waals surface area contributed by atoms with Crippen molar-refractivity contribution in [2.24, 2.45) is 0 Å². The molecule has 1 heterocycles. The molecule has 20 heavy (non-hydrogen) atoms. The summed E-state index contributed by atoms with van der Waals surface area (Å²) in [6.45, 7) is 5.90. The molecule has 1 aromatic heterocycles. The van der Waals surface area contributed by atoms with Gasteiger partial charge in [0.25, 0.3) is 0 Å². The Hall–Kier alpha value is -1.25. The zero-order valence-corrected chi connectivity index (χ0v) is 13.2. The number of anilines is 1.